The van der Waals surface area contributed by atoms with Crippen LogP contribution in [-0.2, 0) is 28.2 Å². The number of carbonyl (C=O) groups excluding carboxylic acids is 3. The number of imide groups is 1. The Morgan fingerprint density at radius 3 is 2.65 bits per heavy atom. The highest BCUT2D eigenvalue weighted by molar-refractivity contribution is 8.56. The Hall–Kier alpha value is -3.06. The maximum absolute atomic E-state index is 14.0. The van der Waals surface area contributed by atoms with E-state index in [1.807, 2.05) is 0 Å². The lowest BCUT2D eigenvalue weighted by atomic mass is 9.96. The van der Waals surface area contributed by atoms with E-state index in [-0.39, 0.29) is 28.7 Å². The molecule has 0 bridgehead atoms. The molecule has 2 aliphatic heterocycles. The minimum absolute atomic E-state index is 0.0941. The molecule has 2 aliphatic rings. The van der Waals surface area contributed by atoms with Gasteiger partial charge in [0.05, 0.1) is 26.1 Å². The third-order valence-corrected chi connectivity index (χ3v) is 10.8. The molecule has 43 heavy (non-hydrogen) atoms. The van der Waals surface area contributed by atoms with Crippen LogP contribution in [0, 0.1) is 0 Å². The third-order valence-electron chi connectivity index (χ3n) is 6.72. The van der Waals surface area contributed by atoms with Crippen LogP contribution in [0.2, 0.25) is 0 Å². The predicted octanol–water partition coefficient (Wildman–Crippen LogP) is -0.236. The van der Waals surface area contributed by atoms with Crippen molar-refractivity contribution >= 4 is 53.1 Å². The summed E-state index contributed by atoms with van der Waals surface area (Å²) in [6.45, 7) is 1.49. The summed E-state index contributed by atoms with van der Waals surface area (Å²) in [5.41, 5.74) is 4.27. The molecule has 0 saturated carbocycles. The number of likely N-dealkylation sites (N-methyl/N-ethyl adjacent to an activating group) is 1. The molecule has 0 aliphatic carbocycles. The first kappa shape index (κ1) is 32.8. The smallest absolute Gasteiger partial charge is 0.327 e. The van der Waals surface area contributed by atoms with Crippen molar-refractivity contribution < 1.29 is 47.9 Å². The standard InChI is InChI=1S/C23H35N8O10PS/c1-10(2)40-19(34)11(3)29-42(37,43-8-12-18(33)30(5)22(35)26-12)39-7-13-15(32)23(4,36)20(41-13)31-9-25-14-16(31)27-21(24)28-17(14)38-6/h9-13,15,20,32,36H,7-8H2,1-6H3,(H,26,35)(H,29,37)(H2,24,27,28)/t11-,12-,13+,15+,20+,23+,42+/m0/s1. The van der Waals surface area contributed by atoms with Gasteiger partial charge in [0.1, 0.15) is 29.9 Å². The lowest BCUT2D eigenvalue weighted by molar-refractivity contribution is -0.149. The second kappa shape index (κ2) is 12.5. The number of nitrogens with one attached hydrogen (secondary N) is 2. The minimum atomic E-state index is -4.05. The number of hydrogen-bond donors (Lipinski definition) is 5. The Morgan fingerprint density at radius 1 is 1.35 bits per heavy atom. The van der Waals surface area contributed by atoms with Crippen LogP contribution in [-0.4, -0.2) is 115 Å². The molecule has 2 aromatic heterocycles. The SMILES string of the molecule is COc1nc(N)nc2c1ncn2[C@@H]1O[C@H](CO[P@](=O)(N[C@@H](C)C(=O)OC(C)C)SC[C@@H]2NC(=O)N(C)C2=O)[C@@H](O)[C@@]1(C)O. The van der Waals surface area contributed by atoms with E-state index in [9.17, 15) is 29.2 Å². The fourth-order valence-corrected chi connectivity index (χ4v) is 8.29. The average Bonchev–Trinajstić information content (AvgIpc) is 3.53. The molecule has 6 N–H and O–H groups in total. The molecular weight excluding hydrogens is 611 g/mol. The number of ether oxygens (including phenoxy) is 3. The van der Waals surface area contributed by atoms with Crippen molar-refractivity contribution in [1.82, 2.24) is 34.8 Å². The molecule has 2 saturated heterocycles. The normalized spacial score (nSPS) is 27.9. The first-order valence-electron chi connectivity index (χ1n) is 13.1. The number of nitrogens with two attached hydrogens (primary N) is 1. The molecule has 3 amide bonds. The van der Waals surface area contributed by atoms with Crippen LogP contribution >= 0.6 is 18.1 Å². The molecule has 7 atom stereocenters. The van der Waals surface area contributed by atoms with E-state index >= 15 is 0 Å². The number of hydrogen-bond acceptors (Lipinski definition) is 15. The summed E-state index contributed by atoms with van der Waals surface area (Å²) in [4.78, 5) is 49.9. The van der Waals surface area contributed by atoms with Gasteiger partial charge >= 0.3 is 18.7 Å². The van der Waals surface area contributed by atoms with E-state index in [1.54, 1.807) is 13.8 Å². The number of amides is 3. The van der Waals surface area contributed by atoms with Gasteiger partial charge in [0.2, 0.25) is 11.8 Å². The van der Waals surface area contributed by atoms with E-state index in [0.29, 0.717) is 11.4 Å². The summed E-state index contributed by atoms with van der Waals surface area (Å²) in [5, 5.41) is 27.4. The highest BCUT2D eigenvalue weighted by Gasteiger charge is 2.54. The number of esters is 1. The summed E-state index contributed by atoms with van der Waals surface area (Å²) in [6.07, 6.45) is -3.16. The fraction of sp³-hybridized carbons (Fsp3) is 0.652. The molecule has 0 unspecified atom stereocenters. The van der Waals surface area contributed by atoms with Gasteiger partial charge in [-0.3, -0.25) is 23.6 Å². The van der Waals surface area contributed by atoms with Crippen LogP contribution in [0.4, 0.5) is 10.7 Å². The number of aliphatic hydroxyl groups is 2. The second-order valence-corrected chi connectivity index (χ2v) is 14.8. The quantitative estimate of drug-likeness (QED) is 0.114. The fourth-order valence-electron chi connectivity index (χ4n) is 4.43. The van der Waals surface area contributed by atoms with Gasteiger partial charge in [0.15, 0.2) is 17.4 Å². The van der Waals surface area contributed by atoms with Crippen molar-refractivity contribution in [1.29, 1.82) is 0 Å². The number of aromatic nitrogens is 4. The van der Waals surface area contributed by atoms with Crippen LogP contribution in [0.3, 0.4) is 0 Å². The zero-order valence-electron chi connectivity index (χ0n) is 24.3. The second-order valence-electron chi connectivity index (χ2n) is 10.4. The summed E-state index contributed by atoms with van der Waals surface area (Å²) in [7, 11) is 2.68. The maximum Gasteiger partial charge on any atom is 0.327 e. The summed E-state index contributed by atoms with van der Waals surface area (Å²) in [5.74, 6) is -1.42. The third kappa shape index (κ3) is 6.72. The molecule has 0 aromatic carbocycles. The Morgan fingerprint density at radius 2 is 2.05 bits per heavy atom. The van der Waals surface area contributed by atoms with E-state index in [2.05, 4.69) is 25.4 Å². The summed E-state index contributed by atoms with van der Waals surface area (Å²) >= 11 is 0.677. The topological polar surface area (TPSA) is 243 Å². The lowest BCUT2D eigenvalue weighted by Crippen LogP contribution is -2.44. The molecule has 20 heteroatoms. The predicted molar refractivity (Wildman–Crippen MR) is 152 cm³/mol. The van der Waals surface area contributed by atoms with Crippen molar-refractivity contribution in [3.63, 3.8) is 0 Å². The van der Waals surface area contributed by atoms with E-state index in [0.717, 1.165) is 4.90 Å². The van der Waals surface area contributed by atoms with Crippen LogP contribution in [0.25, 0.3) is 11.2 Å². The first-order chi connectivity index (χ1) is 20.1. The number of nitrogens with zero attached hydrogens (tertiary/aromatic N) is 5. The zero-order valence-corrected chi connectivity index (χ0v) is 26.0. The number of anilines is 1. The number of aliphatic hydroxyl groups excluding tert-OH is 1. The van der Waals surface area contributed by atoms with Gasteiger partial charge in [-0.1, -0.05) is 11.4 Å². The van der Waals surface area contributed by atoms with Crippen molar-refractivity contribution in [3.05, 3.63) is 6.33 Å². The molecule has 4 heterocycles. The average molecular weight is 647 g/mol. The van der Waals surface area contributed by atoms with Gasteiger partial charge in [-0.25, -0.2) is 14.9 Å². The lowest BCUT2D eigenvalue weighted by Gasteiger charge is -2.27. The summed E-state index contributed by atoms with van der Waals surface area (Å²) in [6, 6.07) is -2.70. The molecule has 0 radical (unpaired) electrons. The Balaban J connectivity index is 1.53. The van der Waals surface area contributed by atoms with Crippen LogP contribution < -0.4 is 20.9 Å². The number of fused-ring (bicyclic) bond motifs is 1. The van der Waals surface area contributed by atoms with Crippen LogP contribution in [0.15, 0.2) is 6.33 Å². The Labute approximate surface area is 250 Å². The van der Waals surface area contributed by atoms with E-state index < -0.39 is 73.5 Å². The number of nitrogen functional groups attached to an aromatic ring is 1. The van der Waals surface area contributed by atoms with Gasteiger partial charge in [-0.15, -0.1) is 0 Å². The van der Waals surface area contributed by atoms with E-state index in [1.165, 1.54) is 38.9 Å². The van der Waals surface area contributed by atoms with Crippen LogP contribution in [0.5, 0.6) is 5.88 Å². The minimum Gasteiger partial charge on any atom is -0.479 e. The number of urea groups is 1. The van der Waals surface area contributed by atoms with Gasteiger partial charge in [-0.2, -0.15) is 9.97 Å². The highest BCUT2D eigenvalue weighted by atomic mass is 32.7. The van der Waals surface area contributed by atoms with Crippen LogP contribution in [0.1, 0.15) is 33.9 Å². The van der Waals surface area contributed by atoms with Crippen molar-refractivity contribution in [2.45, 2.75) is 69.9 Å². The number of rotatable bonds is 12. The first-order valence-corrected chi connectivity index (χ1v) is 16.3. The summed E-state index contributed by atoms with van der Waals surface area (Å²) < 4.78 is 37.4. The molecule has 18 nitrogen and oxygen atoms in total. The van der Waals surface area contributed by atoms with Gasteiger partial charge in [0, 0.05) is 12.8 Å². The number of carbonyl (C=O) groups is 3. The maximum atomic E-state index is 14.0. The largest absolute Gasteiger partial charge is 0.479 e. The number of imidazole rings is 1. The Bertz CT molecular complexity index is 1440. The van der Waals surface area contributed by atoms with Gasteiger partial charge < -0.3 is 40.0 Å². The molecule has 4 rings (SSSR count). The zero-order chi connectivity index (χ0) is 31.9. The molecular formula is C23H35N8O10PS. The highest BCUT2D eigenvalue weighted by Crippen LogP contribution is 2.57. The van der Waals surface area contributed by atoms with Gasteiger partial charge in [-0.05, 0) is 27.7 Å². The van der Waals surface area contributed by atoms with E-state index in [4.69, 9.17) is 24.5 Å². The van der Waals surface area contributed by atoms with Crippen molar-refractivity contribution in [2.75, 3.05) is 32.3 Å². The molecule has 2 fully saturated rings. The van der Waals surface area contributed by atoms with Crippen molar-refractivity contribution in [2.24, 2.45) is 0 Å². The number of methoxy groups -OCH3 is 1. The molecule has 2 aromatic rings. The van der Waals surface area contributed by atoms with Gasteiger partial charge in [0.25, 0.3) is 5.91 Å². The van der Waals surface area contributed by atoms with Crippen molar-refractivity contribution in [3.8, 4) is 5.88 Å². The molecule has 238 valence electrons. The Kier molecular flexibility index (Phi) is 9.55. The monoisotopic (exact) mass is 646 g/mol. The molecule has 0 spiro atoms.